The average molecular weight is 335 g/mol. The van der Waals surface area contributed by atoms with Gasteiger partial charge in [-0.3, -0.25) is 9.59 Å². The molecule has 1 heterocycles. The minimum Gasteiger partial charge on any atom is -0.339 e. The zero-order chi connectivity index (χ0) is 17.7. The molecule has 132 valence electrons. The third-order valence-corrected chi connectivity index (χ3v) is 4.73. The molecule has 24 heavy (non-hydrogen) atoms. The largest absolute Gasteiger partial charge is 0.339 e. The second-order valence-electron chi connectivity index (χ2n) is 6.39. The lowest BCUT2D eigenvalue weighted by molar-refractivity contribution is -0.133. The summed E-state index contributed by atoms with van der Waals surface area (Å²) in [5.41, 5.74) is 6.51. The van der Waals surface area contributed by atoms with Crippen LogP contribution in [0, 0.1) is 11.7 Å². The molecule has 0 radical (unpaired) electrons. The summed E-state index contributed by atoms with van der Waals surface area (Å²) in [6, 6.07) is 5.06. The van der Waals surface area contributed by atoms with Gasteiger partial charge in [-0.1, -0.05) is 20.3 Å². The Kier molecular flexibility index (Phi) is 6.31. The third kappa shape index (κ3) is 4.32. The highest BCUT2D eigenvalue weighted by molar-refractivity contribution is 5.94. The summed E-state index contributed by atoms with van der Waals surface area (Å²) in [6.07, 6.45) is 1.57. The zero-order valence-electron chi connectivity index (χ0n) is 14.4. The van der Waals surface area contributed by atoms with E-state index in [1.165, 1.54) is 24.3 Å². The molecule has 0 saturated carbocycles. The summed E-state index contributed by atoms with van der Waals surface area (Å²) in [5.74, 6) is -0.396. The van der Waals surface area contributed by atoms with Crippen LogP contribution in [-0.2, 0) is 4.79 Å². The van der Waals surface area contributed by atoms with E-state index in [-0.39, 0.29) is 23.5 Å². The van der Waals surface area contributed by atoms with Crippen LogP contribution < -0.4 is 5.73 Å². The van der Waals surface area contributed by atoms with Gasteiger partial charge in [0.25, 0.3) is 5.91 Å². The lowest BCUT2D eigenvalue weighted by atomic mass is 9.99. The predicted molar refractivity (Wildman–Crippen MR) is 90.9 cm³/mol. The first-order chi connectivity index (χ1) is 11.4. The van der Waals surface area contributed by atoms with E-state index in [0.29, 0.717) is 38.2 Å². The molecule has 0 aromatic heterocycles. The smallest absolute Gasteiger partial charge is 0.253 e. The number of nitrogens with zero attached hydrogens (tertiary/aromatic N) is 2. The topological polar surface area (TPSA) is 66.6 Å². The highest BCUT2D eigenvalue weighted by atomic mass is 19.1. The molecule has 0 bridgehead atoms. The van der Waals surface area contributed by atoms with Crippen molar-refractivity contribution in [2.45, 2.75) is 32.7 Å². The minimum atomic E-state index is -0.491. The fourth-order valence-corrected chi connectivity index (χ4v) is 2.82. The molecular weight excluding hydrogens is 309 g/mol. The standard InChI is InChI=1S/C18H26FN3O2/c1-3-13(2)16(20)18(24)22-10-4-9-21(11-12-22)17(23)14-5-7-15(19)8-6-14/h5-8,13,16H,3-4,9-12,20H2,1-2H3. The van der Waals surface area contributed by atoms with Crippen LogP contribution in [0.25, 0.3) is 0 Å². The first-order valence-electron chi connectivity index (χ1n) is 8.53. The number of hydrogen-bond donors (Lipinski definition) is 1. The number of hydrogen-bond acceptors (Lipinski definition) is 3. The lowest BCUT2D eigenvalue weighted by Gasteiger charge is -2.27. The SMILES string of the molecule is CCC(C)C(N)C(=O)N1CCCN(C(=O)c2ccc(F)cc2)CC1. The average Bonchev–Trinajstić information content (AvgIpc) is 2.86. The Morgan fingerprint density at radius 1 is 1.12 bits per heavy atom. The van der Waals surface area contributed by atoms with Gasteiger partial charge in [-0.15, -0.1) is 0 Å². The molecular formula is C18H26FN3O2. The normalized spacial score (nSPS) is 18.0. The van der Waals surface area contributed by atoms with E-state index in [4.69, 9.17) is 5.73 Å². The summed E-state index contributed by atoms with van der Waals surface area (Å²) < 4.78 is 13.0. The second-order valence-corrected chi connectivity index (χ2v) is 6.39. The molecule has 0 spiro atoms. The van der Waals surface area contributed by atoms with Crippen LogP contribution in [0.4, 0.5) is 4.39 Å². The van der Waals surface area contributed by atoms with E-state index in [1.54, 1.807) is 9.80 Å². The van der Waals surface area contributed by atoms with Gasteiger partial charge in [0.1, 0.15) is 5.82 Å². The van der Waals surface area contributed by atoms with Crippen molar-refractivity contribution in [2.75, 3.05) is 26.2 Å². The van der Waals surface area contributed by atoms with Crippen LogP contribution in [0.3, 0.4) is 0 Å². The van der Waals surface area contributed by atoms with Crippen molar-refractivity contribution < 1.29 is 14.0 Å². The number of amides is 2. The molecule has 5 nitrogen and oxygen atoms in total. The first kappa shape index (κ1) is 18.4. The Labute approximate surface area is 142 Å². The van der Waals surface area contributed by atoms with Crippen molar-refractivity contribution in [3.63, 3.8) is 0 Å². The number of benzene rings is 1. The van der Waals surface area contributed by atoms with Crippen LogP contribution in [0.5, 0.6) is 0 Å². The highest BCUT2D eigenvalue weighted by Crippen LogP contribution is 2.13. The molecule has 1 saturated heterocycles. The second kappa shape index (κ2) is 8.24. The molecule has 6 heteroatoms. The van der Waals surface area contributed by atoms with Gasteiger partial charge in [-0.05, 0) is 36.6 Å². The molecule has 2 atom stereocenters. The molecule has 0 aliphatic carbocycles. The maximum absolute atomic E-state index is 13.0. The summed E-state index contributed by atoms with van der Waals surface area (Å²) in [5, 5.41) is 0. The van der Waals surface area contributed by atoms with E-state index in [1.807, 2.05) is 13.8 Å². The maximum atomic E-state index is 13.0. The summed E-state index contributed by atoms with van der Waals surface area (Å²) in [7, 11) is 0. The van der Waals surface area contributed by atoms with Crippen molar-refractivity contribution in [1.82, 2.24) is 9.80 Å². The molecule has 2 N–H and O–H groups in total. The van der Waals surface area contributed by atoms with Gasteiger partial charge in [-0.25, -0.2) is 4.39 Å². The molecule has 2 unspecified atom stereocenters. The molecule has 1 aromatic rings. The van der Waals surface area contributed by atoms with Gasteiger partial charge in [0.2, 0.25) is 5.91 Å². The third-order valence-electron chi connectivity index (χ3n) is 4.73. The van der Waals surface area contributed by atoms with Crippen molar-refractivity contribution in [3.8, 4) is 0 Å². The van der Waals surface area contributed by atoms with E-state index in [2.05, 4.69) is 0 Å². The van der Waals surface area contributed by atoms with Crippen molar-refractivity contribution in [2.24, 2.45) is 11.7 Å². The van der Waals surface area contributed by atoms with Crippen LogP contribution in [0.15, 0.2) is 24.3 Å². The fourth-order valence-electron chi connectivity index (χ4n) is 2.82. The molecule has 1 aromatic carbocycles. The molecule has 2 amide bonds. The first-order valence-corrected chi connectivity index (χ1v) is 8.53. The zero-order valence-corrected chi connectivity index (χ0v) is 14.4. The minimum absolute atomic E-state index is 0.0413. The van der Waals surface area contributed by atoms with Crippen LogP contribution in [0.1, 0.15) is 37.0 Å². The Morgan fingerprint density at radius 2 is 1.71 bits per heavy atom. The molecule has 1 aliphatic heterocycles. The van der Waals surface area contributed by atoms with E-state index in [0.717, 1.165) is 6.42 Å². The van der Waals surface area contributed by atoms with Gasteiger partial charge < -0.3 is 15.5 Å². The quantitative estimate of drug-likeness (QED) is 0.913. The highest BCUT2D eigenvalue weighted by Gasteiger charge is 2.28. The molecule has 1 aliphatic rings. The fraction of sp³-hybridized carbons (Fsp3) is 0.556. The predicted octanol–water partition coefficient (Wildman–Crippen LogP) is 1.87. The van der Waals surface area contributed by atoms with Gasteiger partial charge in [0, 0.05) is 31.7 Å². The maximum Gasteiger partial charge on any atom is 0.253 e. The Bertz CT molecular complexity index is 576. The van der Waals surface area contributed by atoms with Gasteiger partial charge in [0.05, 0.1) is 6.04 Å². The van der Waals surface area contributed by atoms with Crippen LogP contribution in [0.2, 0.25) is 0 Å². The Balaban J connectivity index is 1.98. The van der Waals surface area contributed by atoms with Gasteiger partial charge >= 0.3 is 0 Å². The lowest BCUT2D eigenvalue weighted by Crippen LogP contribution is -2.48. The Hall–Kier alpha value is -1.95. The van der Waals surface area contributed by atoms with Crippen molar-refractivity contribution in [3.05, 3.63) is 35.6 Å². The number of carbonyl (C=O) groups excluding carboxylic acids is 2. The van der Waals surface area contributed by atoms with Crippen molar-refractivity contribution in [1.29, 1.82) is 0 Å². The van der Waals surface area contributed by atoms with E-state index >= 15 is 0 Å². The summed E-state index contributed by atoms with van der Waals surface area (Å²) in [6.45, 7) is 6.13. The van der Waals surface area contributed by atoms with Crippen molar-refractivity contribution >= 4 is 11.8 Å². The number of halogens is 1. The van der Waals surface area contributed by atoms with E-state index < -0.39 is 6.04 Å². The molecule has 2 rings (SSSR count). The monoisotopic (exact) mass is 335 g/mol. The number of nitrogens with two attached hydrogens (primary N) is 1. The van der Waals surface area contributed by atoms with Crippen LogP contribution in [-0.4, -0.2) is 53.8 Å². The summed E-state index contributed by atoms with van der Waals surface area (Å²) >= 11 is 0. The molecule has 1 fully saturated rings. The summed E-state index contributed by atoms with van der Waals surface area (Å²) in [4.78, 5) is 28.5. The number of carbonyl (C=O) groups is 2. The van der Waals surface area contributed by atoms with Gasteiger partial charge in [0.15, 0.2) is 0 Å². The Morgan fingerprint density at radius 3 is 2.33 bits per heavy atom. The van der Waals surface area contributed by atoms with E-state index in [9.17, 15) is 14.0 Å². The van der Waals surface area contributed by atoms with Gasteiger partial charge in [-0.2, -0.15) is 0 Å². The van der Waals surface area contributed by atoms with Crippen LogP contribution >= 0.6 is 0 Å². The number of rotatable bonds is 4.